The first-order valence-corrected chi connectivity index (χ1v) is 7.33. The van der Waals surface area contributed by atoms with E-state index in [0.717, 1.165) is 24.8 Å². The molecular formula is C15H21N3O3. The molecule has 114 valence electrons. The van der Waals surface area contributed by atoms with Crippen LogP contribution in [-0.2, 0) is 11.2 Å². The average molecular weight is 291 g/mol. The van der Waals surface area contributed by atoms with Crippen molar-refractivity contribution in [2.45, 2.75) is 25.7 Å². The summed E-state index contributed by atoms with van der Waals surface area (Å²) in [6.07, 6.45) is 3.70. The van der Waals surface area contributed by atoms with E-state index in [-0.39, 0.29) is 17.5 Å². The topological polar surface area (TPSA) is 98.3 Å². The van der Waals surface area contributed by atoms with Crippen molar-refractivity contribution >= 4 is 11.6 Å². The van der Waals surface area contributed by atoms with Gasteiger partial charge in [0, 0.05) is 24.6 Å². The summed E-state index contributed by atoms with van der Waals surface area (Å²) in [6, 6.07) is 6.42. The van der Waals surface area contributed by atoms with Gasteiger partial charge in [0.25, 0.3) is 5.69 Å². The minimum absolute atomic E-state index is 0.0480. The first-order valence-electron chi connectivity index (χ1n) is 7.33. The number of nitro groups is 1. The summed E-state index contributed by atoms with van der Waals surface area (Å²) in [5, 5.41) is 13.5. The lowest BCUT2D eigenvalue weighted by Gasteiger charge is -2.17. The molecule has 0 bridgehead atoms. The van der Waals surface area contributed by atoms with Crippen LogP contribution in [0.5, 0.6) is 0 Å². The van der Waals surface area contributed by atoms with Crippen LogP contribution >= 0.6 is 0 Å². The third-order valence-corrected chi connectivity index (χ3v) is 4.16. The van der Waals surface area contributed by atoms with E-state index in [4.69, 9.17) is 5.73 Å². The van der Waals surface area contributed by atoms with Gasteiger partial charge in [-0.1, -0.05) is 18.6 Å². The highest BCUT2D eigenvalue weighted by molar-refractivity contribution is 5.79. The summed E-state index contributed by atoms with van der Waals surface area (Å²) in [7, 11) is 0. The van der Waals surface area contributed by atoms with Gasteiger partial charge in [-0.25, -0.2) is 0 Å². The van der Waals surface area contributed by atoms with E-state index in [0.29, 0.717) is 25.4 Å². The summed E-state index contributed by atoms with van der Waals surface area (Å²) < 4.78 is 0. The van der Waals surface area contributed by atoms with E-state index in [1.807, 2.05) is 0 Å². The van der Waals surface area contributed by atoms with E-state index in [1.165, 1.54) is 12.1 Å². The van der Waals surface area contributed by atoms with Crippen LogP contribution in [0.25, 0.3) is 0 Å². The predicted molar refractivity (Wildman–Crippen MR) is 79.7 cm³/mol. The van der Waals surface area contributed by atoms with Crippen molar-refractivity contribution < 1.29 is 9.72 Å². The van der Waals surface area contributed by atoms with Crippen molar-refractivity contribution in [1.82, 2.24) is 5.32 Å². The number of non-ortho nitro benzene ring substituents is 1. The van der Waals surface area contributed by atoms with Gasteiger partial charge in [0.15, 0.2) is 0 Å². The minimum Gasteiger partial charge on any atom is -0.356 e. The molecule has 2 rings (SSSR count). The van der Waals surface area contributed by atoms with Crippen molar-refractivity contribution in [3.05, 3.63) is 39.9 Å². The molecule has 0 heterocycles. The molecule has 0 saturated heterocycles. The van der Waals surface area contributed by atoms with Crippen molar-refractivity contribution in [3.63, 3.8) is 0 Å². The second kappa shape index (κ2) is 7.17. The van der Waals surface area contributed by atoms with Gasteiger partial charge < -0.3 is 11.1 Å². The molecule has 3 N–H and O–H groups in total. The molecule has 1 aliphatic carbocycles. The molecule has 0 unspecified atom stereocenters. The van der Waals surface area contributed by atoms with Gasteiger partial charge in [-0.15, -0.1) is 0 Å². The van der Waals surface area contributed by atoms with E-state index in [1.54, 1.807) is 12.1 Å². The summed E-state index contributed by atoms with van der Waals surface area (Å²) >= 11 is 0. The van der Waals surface area contributed by atoms with Crippen LogP contribution in [0.4, 0.5) is 5.69 Å². The molecule has 0 aliphatic heterocycles. The fourth-order valence-corrected chi connectivity index (χ4v) is 2.91. The predicted octanol–water partition coefficient (Wildman–Crippen LogP) is 1.63. The van der Waals surface area contributed by atoms with Crippen LogP contribution in [0.15, 0.2) is 24.3 Å². The number of nitrogens with two attached hydrogens (primary N) is 1. The zero-order chi connectivity index (χ0) is 15.2. The fourth-order valence-electron chi connectivity index (χ4n) is 2.91. The largest absolute Gasteiger partial charge is 0.356 e. The number of benzene rings is 1. The molecule has 1 saturated carbocycles. The Morgan fingerprint density at radius 3 is 2.67 bits per heavy atom. The molecule has 1 aliphatic rings. The highest BCUT2D eigenvalue weighted by Crippen LogP contribution is 2.30. The molecule has 6 nitrogen and oxygen atoms in total. The van der Waals surface area contributed by atoms with Crippen LogP contribution in [0.1, 0.15) is 24.8 Å². The van der Waals surface area contributed by atoms with Crippen molar-refractivity contribution in [3.8, 4) is 0 Å². The number of hydrogen-bond donors (Lipinski definition) is 2. The molecule has 0 spiro atoms. The molecule has 0 aromatic heterocycles. The Morgan fingerprint density at radius 2 is 2.05 bits per heavy atom. The van der Waals surface area contributed by atoms with E-state index < -0.39 is 4.92 Å². The Morgan fingerprint density at radius 1 is 1.33 bits per heavy atom. The number of rotatable bonds is 6. The van der Waals surface area contributed by atoms with E-state index in [9.17, 15) is 14.9 Å². The second-order valence-corrected chi connectivity index (χ2v) is 5.50. The van der Waals surface area contributed by atoms with Gasteiger partial charge in [-0.2, -0.15) is 0 Å². The highest BCUT2D eigenvalue weighted by atomic mass is 16.6. The number of amides is 1. The Kier molecular flexibility index (Phi) is 5.27. The van der Waals surface area contributed by atoms with Crippen LogP contribution in [0, 0.1) is 22.0 Å². The van der Waals surface area contributed by atoms with E-state index in [2.05, 4.69) is 5.32 Å². The van der Waals surface area contributed by atoms with Crippen molar-refractivity contribution in [2.75, 3.05) is 13.1 Å². The zero-order valence-corrected chi connectivity index (χ0v) is 12.0. The van der Waals surface area contributed by atoms with Gasteiger partial charge in [0.2, 0.25) is 5.91 Å². The lowest BCUT2D eigenvalue weighted by molar-refractivity contribution is -0.384. The van der Waals surface area contributed by atoms with Gasteiger partial charge >= 0.3 is 0 Å². The number of carbonyl (C=O) groups excluding carboxylic acids is 1. The number of carbonyl (C=O) groups is 1. The Balaban J connectivity index is 1.78. The summed E-state index contributed by atoms with van der Waals surface area (Å²) in [5.74, 6) is 0.445. The number of nitro benzene ring substituents is 1. The van der Waals surface area contributed by atoms with Crippen molar-refractivity contribution in [2.24, 2.45) is 17.6 Å². The molecule has 1 aromatic rings. The maximum atomic E-state index is 12.1. The molecule has 1 aromatic carbocycles. The van der Waals surface area contributed by atoms with Crippen LogP contribution in [0.3, 0.4) is 0 Å². The maximum Gasteiger partial charge on any atom is 0.269 e. The van der Waals surface area contributed by atoms with Crippen LogP contribution in [0.2, 0.25) is 0 Å². The molecular weight excluding hydrogens is 270 g/mol. The molecule has 6 heteroatoms. The molecule has 2 atom stereocenters. The normalized spacial score (nSPS) is 21.2. The standard InChI is InChI=1S/C15H21N3O3/c16-10-12-2-1-3-14(12)15(19)17-9-8-11-4-6-13(7-5-11)18(20)21/h4-7,12,14H,1-3,8-10,16H2,(H,17,19)/t12-,14-/m1/s1. The first kappa shape index (κ1) is 15.4. The quantitative estimate of drug-likeness (QED) is 0.614. The third kappa shape index (κ3) is 4.01. The summed E-state index contributed by atoms with van der Waals surface area (Å²) in [4.78, 5) is 22.2. The third-order valence-electron chi connectivity index (χ3n) is 4.16. The Labute approximate surface area is 123 Å². The van der Waals surface area contributed by atoms with Crippen molar-refractivity contribution in [1.29, 1.82) is 0 Å². The second-order valence-electron chi connectivity index (χ2n) is 5.50. The Hall–Kier alpha value is -1.95. The van der Waals surface area contributed by atoms with Gasteiger partial charge in [-0.05, 0) is 37.3 Å². The van der Waals surface area contributed by atoms with Gasteiger partial charge in [-0.3, -0.25) is 14.9 Å². The lowest BCUT2D eigenvalue weighted by Crippen LogP contribution is -2.36. The van der Waals surface area contributed by atoms with E-state index >= 15 is 0 Å². The SMILES string of the molecule is NC[C@H]1CCC[C@H]1C(=O)NCCc1ccc([N+](=O)[O-])cc1. The first-order chi connectivity index (χ1) is 10.1. The highest BCUT2D eigenvalue weighted by Gasteiger charge is 2.31. The monoisotopic (exact) mass is 291 g/mol. The molecule has 0 radical (unpaired) electrons. The number of nitrogens with one attached hydrogen (secondary N) is 1. The number of hydrogen-bond acceptors (Lipinski definition) is 4. The zero-order valence-electron chi connectivity index (χ0n) is 12.0. The smallest absolute Gasteiger partial charge is 0.269 e. The van der Waals surface area contributed by atoms with Crippen LogP contribution < -0.4 is 11.1 Å². The minimum atomic E-state index is -0.418. The lowest BCUT2D eigenvalue weighted by atomic mass is 9.95. The molecule has 21 heavy (non-hydrogen) atoms. The maximum absolute atomic E-state index is 12.1. The fraction of sp³-hybridized carbons (Fsp3) is 0.533. The van der Waals surface area contributed by atoms with Crippen LogP contribution in [-0.4, -0.2) is 23.9 Å². The molecule has 1 fully saturated rings. The van der Waals surface area contributed by atoms with Gasteiger partial charge in [0.1, 0.15) is 0 Å². The number of nitrogens with zero attached hydrogens (tertiary/aromatic N) is 1. The van der Waals surface area contributed by atoms with Gasteiger partial charge in [0.05, 0.1) is 4.92 Å². The average Bonchev–Trinajstić information content (AvgIpc) is 2.96. The summed E-state index contributed by atoms with van der Waals surface area (Å²) in [5.41, 5.74) is 6.74. The summed E-state index contributed by atoms with van der Waals surface area (Å²) in [6.45, 7) is 1.12. The Bertz CT molecular complexity index is 501. The molecule has 1 amide bonds.